The Kier molecular flexibility index (Phi) is 2.71. The number of halogens is 2. The van der Waals surface area contributed by atoms with Crippen LogP contribution in [0, 0.1) is 11.6 Å². The molecule has 82 valence electrons. The summed E-state index contributed by atoms with van der Waals surface area (Å²) in [5, 5.41) is 10.2. The first-order valence-electron chi connectivity index (χ1n) is 4.87. The first-order chi connectivity index (χ1) is 7.12. The molecule has 1 aliphatic heterocycles. The van der Waals surface area contributed by atoms with Crippen LogP contribution in [0.4, 0.5) is 8.78 Å². The third-order valence-electron chi connectivity index (χ3n) is 2.78. The minimum absolute atomic E-state index is 0.415. The van der Waals surface area contributed by atoms with Crippen molar-refractivity contribution in [2.75, 3.05) is 13.2 Å². The smallest absolute Gasteiger partial charge is 0.159 e. The molecular weight excluding hydrogens is 202 g/mol. The lowest BCUT2D eigenvalue weighted by molar-refractivity contribution is -0.0681. The van der Waals surface area contributed by atoms with Crippen molar-refractivity contribution < 1.29 is 18.6 Å². The molecule has 2 nitrogen and oxygen atoms in total. The average Bonchev–Trinajstić information content (AvgIpc) is 2.23. The third-order valence-corrected chi connectivity index (χ3v) is 2.78. The van der Waals surface area contributed by atoms with Gasteiger partial charge in [-0.2, -0.15) is 0 Å². The van der Waals surface area contributed by atoms with Gasteiger partial charge in [-0.15, -0.1) is 0 Å². The molecule has 0 saturated carbocycles. The van der Waals surface area contributed by atoms with E-state index in [4.69, 9.17) is 4.74 Å². The lowest BCUT2D eigenvalue weighted by Gasteiger charge is -2.32. The Hall–Kier alpha value is -1.00. The average molecular weight is 214 g/mol. The van der Waals surface area contributed by atoms with Gasteiger partial charge in [0, 0.05) is 26.1 Å². The van der Waals surface area contributed by atoms with Crippen LogP contribution in [0.1, 0.15) is 18.4 Å². The van der Waals surface area contributed by atoms with E-state index in [-0.39, 0.29) is 0 Å². The molecule has 0 unspecified atom stereocenters. The zero-order valence-corrected chi connectivity index (χ0v) is 8.17. The molecule has 1 N–H and O–H groups in total. The molecule has 0 aliphatic carbocycles. The molecular formula is C11H12F2O2. The maximum atomic E-state index is 13.0. The van der Waals surface area contributed by atoms with Gasteiger partial charge in [0.05, 0.1) is 5.60 Å². The van der Waals surface area contributed by atoms with E-state index in [1.165, 1.54) is 6.07 Å². The molecule has 1 aromatic rings. The fraction of sp³-hybridized carbons (Fsp3) is 0.455. The summed E-state index contributed by atoms with van der Waals surface area (Å²) in [4.78, 5) is 0. The third kappa shape index (κ3) is 2.01. The van der Waals surface area contributed by atoms with Gasteiger partial charge in [0.1, 0.15) is 0 Å². The van der Waals surface area contributed by atoms with Crippen LogP contribution in [-0.2, 0) is 10.3 Å². The van der Waals surface area contributed by atoms with Gasteiger partial charge in [-0.25, -0.2) is 8.78 Å². The monoisotopic (exact) mass is 214 g/mol. The molecule has 1 aliphatic rings. The summed E-state index contributed by atoms with van der Waals surface area (Å²) < 4.78 is 30.8. The number of hydrogen-bond donors (Lipinski definition) is 1. The summed E-state index contributed by atoms with van der Waals surface area (Å²) in [5.74, 6) is -1.82. The molecule has 1 heterocycles. The van der Waals surface area contributed by atoms with Crippen molar-refractivity contribution in [2.45, 2.75) is 18.4 Å². The van der Waals surface area contributed by atoms with Crippen LogP contribution in [0.15, 0.2) is 18.2 Å². The zero-order valence-electron chi connectivity index (χ0n) is 8.17. The van der Waals surface area contributed by atoms with Crippen LogP contribution in [-0.4, -0.2) is 18.3 Å². The SMILES string of the molecule is OC1(c2ccc(F)c(F)c2)CCOCC1. The zero-order chi connectivity index (χ0) is 10.9. The number of hydrogen-bond acceptors (Lipinski definition) is 2. The largest absolute Gasteiger partial charge is 0.385 e. The topological polar surface area (TPSA) is 29.5 Å². The van der Waals surface area contributed by atoms with Crippen molar-refractivity contribution in [1.29, 1.82) is 0 Å². The maximum Gasteiger partial charge on any atom is 0.159 e. The van der Waals surface area contributed by atoms with Gasteiger partial charge < -0.3 is 9.84 Å². The first kappa shape index (κ1) is 10.5. The molecule has 0 amide bonds. The second kappa shape index (κ2) is 3.87. The molecule has 1 aromatic carbocycles. The highest BCUT2D eigenvalue weighted by Gasteiger charge is 2.32. The molecule has 0 spiro atoms. The standard InChI is InChI=1S/C11H12F2O2/c12-9-2-1-8(7-10(9)13)11(14)3-5-15-6-4-11/h1-2,7,14H,3-6H2. The van der Waals surface area contributed by atoms with E-state index in [2.05, 4.69) is 0 Å². The van der Waals surface area contributed by atoms with Crippen molar-refractivity contribution in [1.82, 2.24) is 0 Å². The number of ether oxygens (including phenoxy) is 1. The minimum atomic E-state index is -1.08. The molecule has 1 fully saturated rings. The van der Waals surface area contributed by atoms with Crippen molar-refractivity contribution in [3.8, 4) is 0 Å². The Labute approximate surface area is 86.5 Å². The predicted octanol–water partition coefficient (Wildman–Crippen LogP) is 1.96. The summed E-state index contributed by atoms with van der Waals surface area (Å²) in [7, 11) is 0. The van der Waals surface area contributed by atoms with E-state index < -0.39 is 17.2 Å². The molecule has 15 heavy (non-hydrogen) atoms. The Morgan fingerprint density at radius 2 is 1.80 bits per heavy atom. The summed E-state index contributed by atoms with van der Waals surface area (Å²) in [6, 6.07) is 3.52. The molecule has 0 radical (unpaired) electrons. The van der Waals surface area contributed by atoms with E-state index in [9.17, 15) is 13.9 Å². The summed E-state index contributed by atoms with van der Waals surface area (Å²) in [5.41, 5.74) is -0.656. The molecule has 1 saturated heterocycles. The van der Waals surface area contributed by atoms with E-state index in [0.717, 1.165) is 12.1 Å². The van der Waals surface area contributed by atoms with E-state index in [0.29, 0.717) is 31.6 Å². The highest BCUT2D eigenvalue weighted by Crippen LogP contribution is 2.32. The van der Waals surface area contributed by atoms with Crippen LogP contribution in [0.5, 0.6) is 0 Å². The minimum Gasteiger partial charge on any atom is -0.385 e. The maximum absolute atomic E-state index is 13.0. The lowest BCUT2D eigenvalue weighted by Crippen LogP contribution is -2.33. The van der Waals surface area contributed by atoms with E-state index >= 15 is 0 Å². The Bertz CT molecular complexity index is 360. The molecule has 0 atom stereocenters. The summed E-state index contributed by atoms with van der Waals surface area (Å²) in [6.07, 6.45) is 0.830. The van der Waals surface area contributed by atoms with Gasteiger partial charge in [-0.05, 0) is 17.7 Å². The normalized spacial score (nSPS) is 20.2. The van der Waals surface area contributed by atoms with Crippen LogP contribution in [0.3, 0.4) is 0 Å². The van der Waals surface area contributed by atoms with Crippen LogP contribution in [0.25, 0.3) is 0 Å². The first-order valence-corrected chi connectivity index (χ1v) is 4.87. The number of benzene rings is 1. The van der Waals surface area contributed by atoms with E-state index in [1.807, 2.05) is 0 Å². The van der Waals surface area contributed by atoms with Gasteiger partial charge in [0.2, 0.25) is 0 Å². The van der Waals surface area contributed by atoms with Crippen molar-refractivity contribution >= 4 is 0 Å². The summed E-state index contributed by atoms with van der Waals surface area (Å²) in [6.45, 7) is 0.880. The Morgan fingerprint density at radius 1 is 1.13 bits per heavy atom. The Balaban J connectivity index is 2.31. The van der Waals surface area contributed by atoms with Gasteiger partial charge in [-0.3, -0.25) is 0 Å². The van der Waals surface area contributed by atoms with Crippen molar-refractivity contribution in [3.05, 3.63) is 35.4 Å². The van der Waals surface area contributed by atoms with Crippen LogP contribution >= 0.6 is 0 Å². The fourth-order valence-electron chi connectivity index (χ4n) is 1.78. The molecule has 0 aromatic heterocycles. The van der Waals surface area contributed by atoms with Gasteiger partial charge in [-0.1, -0.05) is 6.07 Å². The second-order valence-corrected chi connectivity index (χ2v) is 3.77. The highest BCUT2D eigenvalue weighted by atomic mass is 19.2. The lowest BCUT2D eigenvalue weighted by atomic mass is 9.86. The highest BCUT2D eigenvalue weighted by molar-refractivity contribution is 5.24. The second-order valence-electron chi connectivity index (χ2n) is 3.77. The molecule has 0 bridgehead atoms. The Morgan fingerprint density at radius 3 is 2.40 bits per heavy atom. The number of aliphatic hydroxyl groups is 1. The van der Waals surface area contributed by atoms with Gasteiger partial charge in [0.15, 0.2) is 11.6 Å². The number of rotatable bonds is 1. The molecule has 2 rings (SSSR count). The molecule has 4 heteroatoms. The van der Waals surface area contributed by atoms with Crippen molar-refractivity contribution in [2.24, 2.45) is 0 Å². The van der Waals surface area contributed by atoms with Gasteiger partial charge in [0.25, 0.3) is 0 Å². The predicted molar refractivity (Wildman–Crippen MR) is 50.3 cm³/mol. The van der Waals surface area contributed by atoms with Gasteiger partial charge >= 0.3 is 0 Å². The fourth-order valence-corrected chi connectivity index (χ4v) is 1.78. The van der Waals surface area contributed by atoms with Crippen LogP contribution < -0.4 is 0 Å². The van der Waals surface area contributed by atoms with Crippen LogP contribution in [0.2, 0.25) is 0 Å². The quantitative estimate of drug-likeness (QED) is 0.774. The summed E-state index contributed by atoms with van der Waals surface area (Å²) >= 11 is 0. The van der Waals surface area contributed by atoms with Crippen molar-refractivity contribution in [3.63, 3.8) is 0 Å². The van der Waals surface area contributed by atoms with E-state index in [1.54, 1.807) is 0 Å².